The Morgan fingerprint density at radius 3 is 2.94 bits per heavy atom. The molecule has 2 rings (SSSR count). The molecule has 1 saturated heterocycles. The average molecular weight is 219 g/mol. The predicted octanol–water partition coefficient (Wildman–Crippen LogP) is 2.38. The van der Waals surface area contributed by atoms with E-state index in [0.29, 0.717) is 0 Å². The number of para-hydroxylation sites is 1. The lowest BCUT2D eigenvalue weighted by molar-refractivity contribution is -0.121. The normalized spacial score (nSPS) is 20.6. The Labute approximate surface area is 96.0 Å². The lowest BCUT2D eigenvalue weighted by Gasteiger charge is -2.33. The molecule has 1 aliphatic heterocycles. The molecule has 3 nitrogen and oxygen atoms in total. The van der Waals surface area contributed by atoms with E-state index in [0.717, 1.165) is 37.1 Å². The van der Waals surface area contributed by atoms with Crippen molar-refractivity contribution in [3.05, 3.63) is 29.8 Å². The highest BCUT2D eigenvalue weighted by Crippen LogP contribution is 2.34. The maximum Gasteiger partial charge on any atom is 0.210 e. The van der Waals surface area contributed by atoms with Gasteiger partial charge in [-0.3, -0.25) is 4.79 Å². The maximum atomic E-state index is 11.0. The molecular formula is C13H17NO2. The predicted molar refractivity (Wildman–Crippen MR) is 62.4 cm³/mol. The van der Waals surface area contributed by atoms with E-state index < -0.39 is 0 Å². The second-order valence-corrected chi connectivity index (χ2v) is 4.10. The van der Waals surface area contributed by atoms with Crippen LogP contribution < -0.4 is 4.74 Å². The fraction of sp³-hybridized carbons (Fsp3) is 0.462. The van der Waals surface area contributed by atoms with E-state index in [9.17, 15) is 4.79 Å². The number of hydrogen-bond donors (Lipinski definition) is 0. The van der Waals surface area contributed by atoms with E-state index in [2.05, 4.69) is 0 Å². The van der Waals surface area contributed by atoms with Crippen LogP contribution >= 0.6 is 0 Å². The SMILES string of the molecule is COc1ccccc1[C@@H]1CCCCN1C=O. The second kappa shape index (κ2) is 5.01. The Bertz CT molecular complexity index is 365. The molecule has 16 heavy (non-hydrogen) atoms. The maximum absolute atomic E-state index is 11.0. The number of rotatable bonds is 3. The summed E-state index contributed by atoms with van der Waals surface area (Å²) in [6.07, 6.45) is 4.26. The van der Waals surface area contributed by atoms with Crippen LogP contribution in [-0.2, 0) is 4.79 Å². The molecule has 1 fully saturated rings. The smallest absolute Gasteiger partial charge is 0.210 e. The molecule has 0 bridgehead atoms. The average Bonchev–Trinajstić information content (AvgIpc) is 2.38. The van der Waals surface area contributed by atoms with Crippen LogP contribution in [0.1, 0.15) is 30.9 Å². The number of piperidine rings is 1. The van der Waals surface area contributed by atoms with Gasteiger partial charge in [-0.15, -0.1) is 0 Å². The van der Waals surface area contributed by atoms with Crippen LogP contribution in [0.5, 0.6) is 5.75 Å². The van der Waals surface area contributed by atoms with Gasteiger partial charge in [-0.1, -0.05) is 18.2 Å². The molecule has 86 valence electrons. The molecule has 1 aromatic rings. The number of nitrogens with zero attached hydrogens (tertiary/aromatic N) is 1. The molecule has 1 amide bonds. The van der Waals surface area contributed by atoms with Gasteiger partial charge in [0.15, 0.2) is 0 Å². The van der Waals surface area contributed by atoms with Gasteiger partial charge in [-0.05, 0) is 25.3 Å². The van der Waals surface area contributed by atoms with Crippen molar-refractivity contribution in [1.29, 1.82) is 0 Å². The van der Waals surface area contributed by atoms with E-state index in [4.69, 9.17) is 4.74 Å². The lowest BCUT2D eigenvalue weighted by Crippen LogP contribution is -2.32. The molecule has 0 N–H and O–H groups in total. The van der Waals surface area contributed by atoms with E-state index >= 15 is 0 Å². The van der Waals surface area contributed by atoms with Crippen LogP contribution in [0, 0.1) is 0 Å². The summed E-state index contributed by atoms with van der Waals surface area (Å²) in [6, 6.07) is 8.13. The summed E-state index contributed by atoms with van der Waals surface area (Å²) in [4.78, 5) is 12.9. The van der Waals surface area contributed by atoms with E-state index in [1.54, 1.807) is 7.11 Å². The number of amides is 1. The molecule has 1 aliphatic rings. The van der Waals surface area contributed by atoms with Gasteiger partial charge in [0.1, 0.15) is 5.75 Å². The molecule has 0 aliphatic carbocycles. The summed E-state index contributed by atoms with van der Waals surface area (Å²) >= 11 is 0. The third-order valence-electron chi connectivity index (χ3n) is 3.18. The molecule has 0 saturated carbocycles. The van der Waals surface area contributed by atoms with Gasteiger partial charge in [-0.25, -0.2) is 0 Å². The number of likely N-dealkylation sites (tertiary alicyclic amines) is 1. The second-order valence-electron chi connectivity index (χ2n) is 4.10. The van der Waals surface area contributed by atoms with Crippen molar-refractivity contribution < 1.29 is 9.53 Å². The van der Waals surface area contributed by atoms with Crippen LogP contribution in [0.2, 0.25) is 0 Å². The van der Waals surface area contributed by atoms with Crippen molar-refractivity contribution >= 4 is 6.41 Å². The molecule has 3 heteroatoms. The first kappa shape index (κ1) is 11.0. The molecule has 1 atom stereocenters. The van der Waals surface area contributed by atoms with E-state index in [1.165, 1.54) is 6.42 Å². The monoisotopic (exact) mass is 219 g/mol. The number of hydrogen-bond acceptors (Lipinski definition) is 2. The Morgan fingerprint density at radius 2 is 2.19 bits per heavy atom. The minimum atomic E-state index is 0.183. The van der Waals surface area contributed by atoms with Gasteiger partial charge in [0.05, 0.1) is 13.2 Å². The van der Waals surface area contributed by atoms with Crippen molar-refractivity contribution in [3.8, 4) is 5.75 Å². The van der Waals surface area contributed by atoms with Gasteiger partial charge in [-0.2, -0.15) is 0 Å². The standard InChI is InChI=1S/C13H17NO2/c1-16-13-8-3-2-6-11(13)12-7-4-5-9-14(12)10-15/h2-3,6,8,10,12H,4-5,7,9H2,1H3/t12-/m0/s1. The summed E-state index contributed by atoms with van der Waals surface area (Å²) < 4.78 is 5.35. The zero-order valence-electron chi connectivity index (χ0n) is 9.56. The fourth-order valence-electron chi connectivity index (χ4n) is 2.36. The number of ether oxygens (including phenoxy) is 1. The summed E-state index contributed by atoms with van der Waals surface area (Å²) in [5.41, 5.74) is 1.12. The van der Waals surface area contributed by atoms with Crippen LogP contribution in [0.3, 0.4) is 0 Å². The molecule has 0 unspecified atom stereocenters. The summed E-state index contributed by atoms with van der Waals surface area (Å²) in [5, 5.41) is 0. The molecule has 1 aromatic carbocycles. The number of carbonyl (C=O) groups excluding carboxylic acids is 1. The van der Waals surface area contributed by atoms with Crippen molar-refractivity contribution in [3.63, 3.8) is 0 Å². The molecule has 0 spiro atoms. The van der Waals surface area contributed by atoms with Crippen LogP contribution in [0.4, 0.5) is 0 Å². The van der Waals surface area contributed by atoms with E-state index in [1.807, 2.05) is 29.2 Å². The van der Waals surface area contributed by atoms with E-state index in [-0.39, 0.29) is 6.04 Å². The highest BCUT2D eigenvalue weighted by Gasteiger charge is 2.24. The Kier molecular flexibility index (Phi) is 3.44. The van der Waals surface area contributed by atoms with Crippen molar-refractivity contribution in [2.75, 3.05) is 13.7 Å². The van der Waals surface area contributed by atoms with Gasteiger partial charge in [0, 0.05) is 12.1 Å². The van der Waals surface area contributed by atoms with Crippen LogP contribution in [-0.4, -0.2) is 25.0 Å². The molecule has 1 heterocycles. The summed E-state index contributed by atoms with van der Waals surface area (Å²) in [6.45, 7) is 0.853. The van der Waals surface area contributed by atoms with Crippen LogP contribution in [0.15, 0.2) is 24.3 Å². The first-order chi connectivity index (χ1) is 7.86. The quantitative estimate of drug-likeness (QED) is 0.730. The number of benzene rings is 1. The molecule has 0 radical (unpaired) electrons. The first-order valence-corrected chi connectivity index (χ1v) is 5.70. The number of carbonyl (C=O) groups is 1. The topological polar surface area (TPSA) is 29.5 Å². The third kappa shape index (κ3) is 2.03. The van der Waals surface area contributed by atoms with Gasteiger partial charge in [0.25, 0.3) is 0 Å². The van der Waals surface area contributed by atoms with Gasteiger partial charge < -0.3 is 9.64 Å². The van der Waals surface area contributed by atoms with Gasteiger partial charge in [0.2, 0.25) is 6.41 Å². The minimum absolute atomic E-state index is 0.183. The number of methoxy groups -OCH3 is 1. The lowest BCUT2D eigenvalue weighted by atomic mass is 9.95. The van der Waals surface area contributed by atoms with Gasteiger partial charge >= 0.3 is 0 Å². The highest BCUT2D eigenvalue weighted by atomic mass is 16.5. The van der Waals surface area contributed by atoms with Crippen molar-refractivity contribution in [2.24, 2.45) is 0 Å². The largest absolute Gasteiger partial charge is 0.496 e. The zero-order valence-corrected chi connectivity index (χ0v) is 9.56. The Morgan fingerprint density at radius 1 is 1.38 bits per heavy atom. The fourth-order valence-corrected chi connectivity index (χ4v) is 2.36. The van der Waals surface area contributed by atoms with Crippen molar-refractivity contribution in [1.82, 2.24) is 4.90 Å². The summed E-state index contributed by atoms with van der Waals surface area (Å²) in [7, 11) is 1.67. The van der Waals surface area contributed by atoms with Crippen molar-refractivity contribution in [2.45, 2.75) is 25.3 Å². The molecule has 0 aromatic heterocycles. The van der Waals surface area contributed by atoms with Crippen LogP contribution in [0.25, 0.3) is 0 Å². The summed E-state index contributed by atoms with van der Waals surface area (Å²) in [5.74, 6) is 0.876. The highest BCUT2D eigenvalue weighted by molar-refractivity contribution is 5.50. The first-order valence-electron chi connectivity index (χ1n) is 5.70. The third-order valence-corrected chi connectivity index (χ3v) is 3.18. The Hall–Kier alpha value is -1.51. The minimum Gasteiger partial charge on any atom is -0.496 e. The Balaban J connectivity index is 2.30. The zero-order chi connectivity index (χ0) is 11.4. The molecular weight excluding hydrogens is 202 g/mol.